The Balaban J connectivity index is 1.89. The van der Waals surface area contributed by atoms with Crippen LogP contribution in [0.3, 0.4) is 0 Å². The van der Waals surface area contributed by atoms with Crippen LogP contribution in [0.15, 0.2) is 24.3 Å². The predicted octanol–water partition coefficient (Wildman–Crippen LogP) is 0.975. The third-order valence-corrected chi connectivity index (χ3v) is 3.22. The minimum Gasteiger partial charge on any atom is -0.465 e. The molecule has 1 aliphatic rings. The first kappa shape index (κ1) is 12.9. The van der Waals surface area contributed by atoms with Crippen LogP contribution in [0.5, 0.6) is 0 Å². The Morgan fingerprint density at radius 2 is 1.83 bits per heavy atom. The summed E-state index contributed by atoms with van der Waals surface area (Å²) in [6.07, 6.45) is -0.836. The summed E-state index contributed by atoms with van der Waals surface area (Å²) in [4.78, 5) is 14.5. The van der Waals surface area contributed by atoms with Gasteiger partial charge in [-0.25, -0.2) is 4.79 Å². The van der Waals surface area contributed by atoms with Gasteiger partial charge in [-0.3, -0.25) is 4.90 Å². The maximum atomic E-state index is 10.8. The van der Waals surface area contributed by atoms with E-state index in [1.807, 2.05) is 24.3 Å². The van der Waals surface area contributed by atoms with Gasteiger partial charge in [-0.15, -0.1) is 0 Å². The molecule has 1 fully saturated rings. The first-order valence-electron chi connectivity index (χ1n) is 6.08. The fourth-order valence-electron chi connectivity index (χ4n) is 2.18. The molecule has 98 valence electrons. The standard InChI is InChI=1S/C13H18N2O3/c16-10-12-3-1-2-11(8-12)9-14-4-6-15(7-5-14)13(17)18/h1-3,8,16H,4-7,9-10H2,(H,17,18). The van der Waals surface area contributed by atoms with E-state index in [1.54, 1.807) is 0 Å². The number of amides is 1. The highest BCUT2D eigenvalue weighted by molar-refractivity contribution is 5.65. The highest BCUT2D eigenvalue weighted by Crippen LogP contribution is 2.11. The van der Waals surface area contributed by atoms with Gasteiger partial charge in [0.2, 0.25) is 0 Å². The lowest BCUT2D eigenvalue weighted by atomic mass is 10.1. The minimum absolute atomic E-state index is 0.0562. The lowest BCUT2D eigenvalue weighted by Gasteiger charge is -2.33. The molecule has 0 atom stereocenters. The Kier molecular flexibility index (Phi) is 4.17. The van der Waals surface area contributed by atoms with Crippen molar-refractivity contribution in [1.82, 2.24) is 9.80 Å². The molecular formula is C13H18N2O3. The van der Waals surface area contributed by atoms with Crippen molar-refractivity contribution in [2.45, 2.75) is 13.2 Å². The van der Waals surface area contributed by atoms with Gasteiger partial charge in [0, 0.05) is 32.7 Å². The molecule has 2 rings (SSSR count). The Bertz CT molecular complexity index is 414. The molecule has 0 saturated carbocycles. The first-order valence-corrected chi connectivity index (χ1v) is 6.08. The zero-order chi connectivity index (χ0) is 13.0. The molecular weight excluding hydrogens is 232 g/mol. The molecule has 1 aromatic carbocycles. The molecule has 0 radical (unpaired) electrons. The lowest BCUT2D eigenvalue weighted by Crippen LogP contribution is -2.47. The molecule has 1 aliphatic heterocycles. The number of piperazine rings is 1. The molecule has 1 aromatic rings. The fourth-order valence-corrected chi connectivity index (χ4v) is 2.18. The number of hydrogen-bond donors (Lipinski definition) is 2. The summed E-state index contributed by atoms with van der Waals surface area (Å²) in [5.74, 6) is 0. The number of nitrogens with zero attached hydrogens (tertiary/aromatic N) is 2. The summed E-state index contributed by atoms with van der Waals surface area (Å²) in [5, 5.41) is 17.9. The summed E-state index contributed by atoms with van der Waals surface area (Å²) in [6, 6.07) is 7.85. The van der Waals surface area contributed by atoms with Crippen molar-refractivity contribution in [3.8, 4) is 0 Å². The third kappa shape index (κ3) is 3.21. The van der Waals surface area contributed by atoms with Crippen LogP contribution in [0.1, 0.15) is 11.1 Å². The zero-order valence-electron chi connectivity index (χ0n) is 10.2. The molecule has 0 aromatic heterocycles. The molecule has 0 bridgehead atoms. The van der Waals surface area contributed by atoms with Crippen LogP contribution < -0.4 is 0 Å². The average Bonchev–Trinajstić information content (AvgIpc) is 2.39. The van der Waals surface area contributed by atoms with Gasteiger partial charge < -0.3 is 15.1 Å². The van der Waals surface area contributed by atoms with Crippen LogP contribution in [-0.2, 0) is 13.2 Å². The van der Waals surface area contributed by atoms with Crippen molar-refractivity contribution >= 4 is 6.09 Å². The van der Waals surface area contributed by atoms with E-state index in [4.69, 9.17) is 10.2 Å². The van der Waals surface area contributed by atoms with Crippen molar-refractivity contribution in [1.29, 1.82) is 0 Å². The van der Waals surface area contributed by atoms with Crippen molar-refractivity contribution in [2.75, 3.05) is 26.2 Å². The van der Waals surface area contributed by atoms with Gasteiger partial charge in [0.15, 0.2) is 0 Å². The second kappa shape index (κ2) is 5.84. The molecule has 0 spiro atoms. The van der Waals surface area contributed by atoms with E-state index in [1.165, 1.54) is 4.90 Å². The van der Waals surface area contributed by atoms with Crippen LogP contribution in [0.4, 0.5) is 4.79 Å². The number of aliphatic hydroxyl groups excluding tert-OH is 1. The summed E-state index contributed by atoms with van der Waals surface area (Å²) in [7, 11) is 0. The molecule has 2 N–H and O–H groups in total. The van der Waals surface area contributed by atoms with Gasteiger partial charge in [-0.1, -0.05) is 24.3 Å². The van der Waals surface area contributed by atoms with Gasteiger partial charge in [-0.05, 0) is 11.1 Å². The van der Waals surface area contributed by atoms with Crippen LogP contribution >= 0.6 is 0 Å². The second-order valence-electron chi connectivity index (χ2n) is 4.52. The molecule has 18 heavy (non-hydrogen) atoms. The van der Waals surface area contributed by atoms with E-state index in [9.17, 15) is 4.79 Å². The number of benzene rings is 1. The minimum atomic E-state index is -0.836. The van der Waals surface area contributed by atoms with Gasteiger partial charge in [0.25, 0.3) is 0 Å². The normalized spacial score (nSPS) is 16.8. The monoisotopic (exact) mass is 250 g/mol. The molecule has 0 unspecified atom stereocenters. The van der Waals surface area contributed by atoms with Gasteiger partial charge >= 0.3 is 6.09 Å². The Hall–Kier alpha value is -1.59. The van der Waals surface area contributed by atoms with Crippen molar-refractivity contribution in [3.63, 3.8) is 0 Å². The van der Waals surface area contributed by atoms with Gasteiger partial charge in [0.05, 0.1) is 6.61 Å². The quantitative estimate of drug-likeness (QED) is 0.839. The van der Waals surface area contributed by atoms with E-state index in [-0.39, 0.29) is 6.61 Å². The van der Waals surface area contributed by atoms with Crippen molar-refractivity contribution < 1.29 is 15.0 Å². The van der Waals surface area contributed by atoms with E-state index in [2.05, 4.69) is 4.90 Å². The summed E-state index contributed by atoms with van der Waals surface area (Å²) < 4.78 is 0. The van der Waals surface area contributed by atoms with Crippen molar-refractivity contribution in [3.05, 3.63) is 35.4 Å². The Morgan fingerprint density at radius 3 is 2.44 bits per heavy atom. The van der Waals surface area contributed by atoms with E-state index in [0.29, 0.717) is 13.1 Å². The topological polar surface area (TPSA) is 64.0 Å². The Morgan fingerprint density at radius 1 is 1.17 bits per heavy atom. The predicted molar refractivity (Wildman–Crippen MR) is 67.2 cm³/mol. The van der Waals surface area contributed by atoms with Crippen LogP contribution in [0, 0.1) is 0 Å². The fraction of sp³-hybridized carbons (Fsp3) is 0.462. The smallest absolute Gasteiger partial charge is 0.407 e. The van der Waals surface area contributed by atoms with E-state index in [0.717, 1.165) is 30.8 Å². The molecule has 1 saturated heterocycles. The molecule has 5 nitrogen and oxygen atoms in total. The van der Waals surface area contributed by atoms with Crippen LogP contribution in [-0.4, -0.2) is 52.3 Å². The highest BCUT2D eigenvalue weighted by atomic mass is 16.4. The SMILES string of the molecule is O=C(O)N1CCN(Cc2cccc(CO)c2)CC1. The maximum Gasteiger partial charge on any atom is 0.407 e. The molecule has 5 heteroatoms. The van der Waals surface area contributed by atoms with Gasteiger partial charge in [-0.2, -0.15) is 0 Å². The third-order valence-electron chi connectivity index (χ3n) is 3.22. The van der Waals surface area contributed by atoms with Crippen LogP contribution in [0.25, 0.3) is 0 Å². The summed E-state index contributed by atoms with van der Waals surface area (Å²) in [5.41, 5.74) is 2.07. The number of rotatable bonds is 3. The van der Waals surface area contributed by atoms with E-state index >= 15 is 0 Å². The largest absolute Gasteiger partial charge is 0.465 e. The zero-order valence-corrected chi connectivity index (χ0v) is 10.2. The Labute approximate surface area is 106 Å². The van der Waals surface area contributed by atoms with Gasteiger partial charge in [0.1, 0.15) is 0 Å². The second-order valence-corrected chi connectivity index (χ2v) is 4.52. The van der Waals surface area contributed by atoms with Crippen LogP contribution in [0.2, 0.25) is 0 Å². The number of aliphatic hydroxyl groups is 1. The summed E-state index contributed by atoms with van der Waals surface area (Å²) >= 11 is 0. The highest BCUT2D eigenvalue weighted by Gasteiger charge is 2.20. The molecule has 1 amide bonds. The first-order chi connectivity index (χ1) is 8.69. The summed E-state index contributed by atoms with van der Waals surface area (Å²) in [6.45, 7) is 3.51. The maximum absolute atomic E-state index is 10.8. The number of carboxylic acid groups (broad SMARTS) is 1. The van der Waals surface area contributed by atoms with E-state index < -0.39 is 6.09 Å². The molecule has 1 heterocycles. The number of hydrogen-bond acceptors (Lipinski definition) is 3. The lowest BCUT2D eigenvalue weighted by molar-refractivity contribution is 0.103. The average molecular weight is 250 g/mol. The van der Waals surface area contributed by atoms with Crippen molar-refractivity contribution in [2.24, 2.45) is 0 Å². The molecule has 0 aliphatic carbocycles. The number of carbonyl (C=O) groups is 1.